The fourth-order valence-electron chi connectivity index (χ4n) is 2.72. The number of ketones is 1. The van der Waals surface area contributed by atoms with E-state index in [0.717, 1.165) is 15.4 Å². The number of aromatic nitrogens is 5. The Labute approximate surface area is 168 Å². The van der Waals surface area contributed by atoms with Crippen LogP contribution in [0.25, 0.3) is 6.08 Å². The molecule has 0 saturated carbocycles. The van der Waals surface area contributed by atoms with Crippen molar-refractivity contribution >= 4 is 23.5 Å². The van der Waals surface area contributed by atoms with Gasteiger partial charge in [-0.2, -0.15) is 9.78 Å². The number of carbonyl (C=O) groups is 1. The second-order valence-corrected chi connectivity index (χ2v) is 6.60. The summed E-state index contributed by atoms with van der Waals surface area (Å²) in [6.45, 7) is 4.75. The van der Waals surface area contributed by atoms with Gasteiger partial charge in [0, 0.05) is 14.1 Å². The highest BCUT2D eigenvalue weighted by Crippen LogP contribution is 2.31. The molecule has 0 unspecified atom stereocenters. The third-order valence-electron chi connectivity index (χ3n) is 4.39. The first kappa shape index (κ1) is 20.3. The van der Waals surface area contributed by atoms with E-state index < -0.39 is 40.9 Å². The number of aryl methyl sites for hydroxylation is 2. The van der Waals surface area contributed by atoms with Crippen LogP contribution in [0, 0.1) is 12.7 Å². The van der Waals surface area contributed by atoms with Crippen LogP contribution in [0.3, 0.4) is 0 Å². The number of nitrogens with one attached hydrogen (secondary N) is 1. The Hall–Kier alpha value is -3.40. The zero-order valence-electron chi connectivity index (χ0n) is 15.8. The third-order valence-corrected chi connectivity index (χ3v) is 4.69. The number of hydrogen-bond acceptors (Lipinski definition) is 5. The van der Waals surface area contributed by atoms with Crippen molar-refractivity contribution in [3.05, 3.63) is 73.0 Å². The Balaban J connectivity index is 2.00. The molecule has 2 aromatic heterocycles. The van der Waals surface area contributed by atoms with Crippen LogP contribution in [0.1, 0.15) is 27.4 Å². The SMILES string of the molecule is C=Cc1[nH]n(C)c(=O)c1C(=O)c1ccc(Cl)c(OCn2nc(C)n(C)c2=O)c1F. The number of aromatic amines is 1. The van der Waals surface area contributed by atoms with Crippen LogP contribution in [0.2, 0.25) is 5.02 Å². The van der Waals surface area contributed by atoms with Gasteiger partial charge in [0.15, 0.2) is 18.3 Å². The summed E-state index contributed by atoms with van der Waals surface area (Å²) in [5.74, 6) is -1.90. The summed E-state index contributed by atoms with van der Waals surface area (Å²) in [5, 5.41) is 6.53. The Morgan fingerprint density at radius 1 is 1.38 bits per heavy atom. The molecule has 0 saturated heterocycles. The number of hydrogen-bond donors (Lipinski definition) is 1. The zero-order chi connectivity index (χ0) is 21.5. The molecule has 29 heavy (non-hydrogen) atoms. The van der Waals surface area contributed by atoms with Gasteiger partial charge in [-0.25, -0.2) is 9.18 Å². The Kier molecular flexibility index (Phi) is 5.29. The van der Waals surface area contributed by atoms with E-state index in [1.807, 2.05) is 0 Å². The van der Waals surface area contributed by atoms with Crippen molar-refractivity contribution in [2.24, 2.45) is 14.1 Å². The third kappa shape index (κ3) is 3.42. The minimum atomic E-state index is -1.05. The number of ether oxygens (including phenoxy) is 1. The van der Waals surface area contributed by atoms with Gasteiger partial charge in [-0.05, 0) is 25.1 Å². The van der Waals surface area contributed by atoms with E-state index in [2.05, 4.69) is 16.8 Å². The predicted molar refractivity (Wildman–Crippen MR) is 104 cm³/mol. The van der Waals surface area contributed by atoms with Crippen molar-refractivity contribution < 1.29 is 13.9 Å². The van der Waals surface area contributed by atoms with Gasteiger partial charge < -0.3 is 4.74 Å². The first-order valence-electron chi connectivity index (χ1n) is 8.34. The molecule has 0 aliphatic carbocycles. The second-order valence-electron chi connectivity index (χ2n) is 6.20. The molecule has 0 atom stereocenters. The lowest BCUT2D eigenvalue weighted by Crippen LogP contribution is -2.25. The van der Waals surface area contributed by atoms with Crippen molar-refractivity contribution in [2.75, 3.05) is 0 Å². The summed E-state index contributed by atoms with van der Waals surface area (Å²) in [7, 11) is 2.95. The molecule has 9 nitrogen and oxygen atoms in total. The van der Waals surface area contributed by atoms with Crippen molar-refractivity contribution in [1.82, 2.24) is 24.1 Å². The van der Waals surface area contributed by atoms with Crippen molar-refractivity contribution in [2.45, 2.75) is 13.7 Å². The molecule has 0 radical (unpaired) electrons. The number of nitrogens with zero attached hydrogens (tertiary/aromatic N) is 4. The summed E-state index contributed by atoms with van der Waals surface area (Å²) < 4.78 is 23.7. The van der Waals surface area contributed by atoms with Gasteiger partial charge in [0.2, 0.25) is 5.78 Å². The van der Waals surface area contributed by atoms with Gasteiger partial charge >= 0.3 is 5.69 Å². The van der Waals surface area contributed by atoms with Crippen molar-refractivity contribution in [3.63, 3.8) is 0 Å². The largest absolute Gasteiger partial charge is 0.466 e. The van der Waals surface area contributed by atoms with E-state index in [1.165, 1.54) is 30.8 Å². The molecule has 3 aromatic rings. The van der Waals surface area contributed by atoms with Crippen LogP contribution in [0.5, 0.6) is 5.75 Å². The monoisotopic (exact) mass is 421 g/mol. The molecule has 152 valence electrons. The van der Waals surface area contributed by atoms with E-state index in [1.54, 1.807) is 6.92 Å². The van der Waals surface area contributed by atoms with E-state index in [-0.39, 0.29) is 16.3 Å². The van der Waals surface area contributed by atoms with Gasteiger partial charge in [-0.1, -0.05) is 18.2 Å². The maximum Gasteiger partial charge on any atom is 0.348 e. The normalized spacial score (nSPS) is 10.9. The summed E-state index contributed by atoms with van der Waals surface area (Å²) in [5.41, 5.74) is -1.59. The summed E-state index contributed by atoms with van der Waals surface area (Å²) >= 11 is 6.01. The lowest BCUT2D eigenvalue weighted by molar-refractivity contribution is 0.103. The molecule has 1 aromatic carbocycles. The first-order chi connectivity index (χ1) is 13.7. The van der Waals surface area contributed by atoms with E-state index in [4.69, 9.17) is 16.3 Å². The highest BCUT2D eigenvalue weighted by molar-refractivity contribution is 6.32. The van der Waals surface area contributed by atoms with E-state index in [0.29, 0.717) is 5.82 Å². The molecule has 3 rings (SSSR count). The van der Waals surface area contributed by atoms with Crippen LogP contribution in [0.4, 0.5) is 4.39 Å². The Morgan fingerprint density at radius 2 is 2.07 bits per heavy atom. The van der Waals surface area contributed by atoms with Gasteiger partial charge in [0.1, 0.15) is 11.4 Å². The molecule has 0 aliphatic heterocycles. The number of halogens is 2. The summed E-state index contributed by atoms with van der Waals surface area (Å²) in [6, 6.07) is 2.42. The zero-order valence-corrected chi connectivity index (χ0v) is 16.6. The van der Waals surface area contributed by atoms with Gasteiger partial charge in [0.05, 0.1) is 16.3 Å². The smallest absolute Gasteiger partial charge is 0.348 e. The molecule has 0 aliphatic rings. The van der Waals surface area contributed by atoms with Gasteiger partial charge in [-0.3, -0.25) is 23.9 Å². The van der Waals surface area contributed by atoms with Crippen molar-refractivity contribution in [1.29, 1.82) is 0 Å². The topological polar surface area (TPSA) is 104 Å². The molecular weight excluding hydrogens is 405 g/mol. The Bertz CT molecular complexity index is 1250. The molecule has 1 N–H and O–H groups in total. The fourth-order valence-corrected chi connectivity index (χ4v) is 2.92. The molecule has 11 heteroatoms. The van der Waals surface area contributed by atoms with Crippen LogP contribution < -0.4 is 16.0 Å². The van der Waals surface area contributed by atoms with Crippen molar-refractivity contribution in [3.8, 4) is 5.75 Å². The first-order valence-corrected chi connectivity index (χ1v) is 8.72. The average Bonchev–Trinajstić information content (AvgIpc) is 3.11. The molecule has 2 heterocycles. The number of H-pyrrole nitrogens is 1. The molecule has 0 spiro atoms. The van der Waals surface area contributed by atoms with Gasteiger partial charge in [-0.15, -0.1) is 0 Å². The molecular formula is C18H17ClFN5O4. The lowest BCUT2D eigenvalue weighted by Gasteiger charge is -2.11. The predicted octanol–water partition coefficient (Wildman–Crippen LogP) is 1.62. The summed E-state index contributed by atoms with van der Waals surface area (Å²) in [4.78, 5) is 37.1. The molecule has 0 amide bonds. The van der Waals surface area contributed by atoms with Crippen LogP contribution in [-0.4, -0.2) is 29.9 Å². The number of rotatable bonds is 6. The van der Waals surface area contributed by atoms with E-state index >= 15 is 4.39 Å². The Morgan fingerprint density at radius 3 is 2.66 bits per heavy atom. The quantitative estimate of drug-likeness (QED) is 0.609. The average molecular weight is 422 g/mol. The van der Waals surface area contributed by atoms with Crippen LogP contribution in [0.15, 0.2) is 28.3 Å². The minimum absolute atomic E-state index is 0.106. The van der Waals surface area contributed by atoms with Gasteiger partial charge in [0.25, 0.3) is 5.56 Å². The standard InChI is InChI=1S/C18H17ClFN5O4/c1-5-12-13(17(27)24(4)22-12)15(26)10-6-7-11(19)16(14(10)20)29-8-25-18(28)23(3)9(2)21-25/h5-7,22H,1,8H2,2-4H3. The van der Waals surface area contributed by atoms with Crippen LogP contribution >= 0.6 is 11.6 Å². The number of benzene rings is 1. The highest BCUT2D eigenvalue weighted by Gasteiger charge is 2.26. The molecule has 0 bridgehead atoms. The summed E-state index contributed by atoms with van der Waals surface area (Å²) in [6.07, 6.45) is 1.29. The maximum atomic E-state index is 15.0. The minimum Gasteiger partial charge on any atom is -0.466 e. The van der Waals surface area contributed by atoms with E-state index in [9.17, 15) is 14.4 Å². The maximum absolute atomic E-state index is 15.0. The lowest BCUT2D eigenvalue weighted by atomic mass is 10.0. The van der Waals surface area contributed by atoms with Crippen LogP contribution in [-0.2, 0) is 20.8 Å². The number of carbonyl (C=O) groups excluding carboxylic acids is 1. The molecule has 0 fully saturated rings. The second kappa shape index (κ2) is 7.55. The fraction of sp³-hybridized carbons (Fsp3) is 0.222. The highest BCUT2D eigenvalue weighted by atomic mass is 35.5.